The zero-order valence-corrected chi connectivity index (χ0v) is 8.71. The van der Waals surface area contributed by atoms with Gasteiger partial charge in [-0.05, 0) is 18.8 Å². The van der Waals surface area contributed by atoms with E-state index in [-0.39, 0.29) is 0 Å². The smallest absolute Gasteiger partial charge is 0.191 e. The van der Waals surface area contributed by atoms with Crippen LogP contribution in [0, 0.1) is 5.92 Å². The molecule has 0 aromatic rings. The summed E-state index contributed by atoms with van der Waals surface area (Å²) in [6, 6.07) is 0. The van der Waals surface area contributed by atoms with Crippen molar-refractivity contribution >= 4 is 5.96 Å². The third kappa shape index (κ3) is 1.85. The first-order chi connectivity index (χ1) is 6.71. The molecule has 4 nitrogen and oxygen atoms in total. The summed E-state index contributed by atoms with van der Waals surface area (Å²) in [7, 11) is 0. The van der Waals surface area contributed by atoms with Gasteiger partial charge >= 0.3 is 0 Å². The Morgan fingerprint density at radius 2 is 2.57 bits per heavy atom. The van der Waals surface area contributed by atoms with E-state index in [4.69, 9.17) is 0 Å². The molecule has 2 aliphatic rings. The Kier molecular flexibility index (Phi) is 2.63. The van der Waals surface area contributed by atoms with E-state index >= 15 is 0 Å². The van der Waals surface area contributed by atoms with Crippen LogP contribution in [0.25, 0.3) is 0 Å². The second-order valence-electron chi connectivity index (χ2n) is 4.41. The van der Waals surface area contributed by atoms with E-state index in [0.717, 1.165) is 38.3 Å². The lowest BCUT2D eigenvalue weighted by Gasteiger charge is -2.28. The topological polar surface area (TPSA) is 56.6 Å². The minimum absolute atomic E-state index is 0.400. The summed E-state index contributed by atoms with van der Waals surface area (Å²) in [4.78, 5) is 4.24. The molecular weight excluding hydrogens is 178 g/mol. The highest BCUT2D eigenvalue weighted by molar-refractivity contribution is 5.81. The lowest BCUT2D eigenvalue weighted by molar-refractivity contribution is 0.0139. The standard InChI is InChI=1S/C10H19N3O/c1-8-3-2-4-10(8,14)7-13-9-11-5-6-12-9/h8,14H,2-7H2,1H3,(H2,11,12,13). The highest BCUT2D eigenvalue weighted by atomic mass is 16.3. The van der Waals surface area contributed by atoms with E-state index in [1.54, 1.807) is 0 Å². The van der Waals surface area contributed by atoms with Gasteiger partial charge in [-0.15, -0.1) is 0 Å². The summed E-state index contributed by atoms with van der Waals surface area (Å²) in [5.41, 5.74) is -0.521. The number of aliphatic imine (C=N–C) groups is 1. The van der Waals surface area contributed by atoms with E-state index < -0.39 is 5.60 Å². The van der Waals surface area contributed by atoms with Gasteiger partial charge in [0.05, 0.1) is 12.1 Å². The van der Waals surface area contributed by atoms with Crippen molar-refractivity contribution in [2.45, 2.75) is 31.8 Å². The first kappa shape index (κ1) is 9.77. The lowest BCUT2D eigenvalue weighted by atomic mass is 9.92. The molecule has 0 amide bonds. The molecule has 0 aromatic heterocycles. The van der Waals surface area contributed by atoms with Crippen LogP contribution in [-0.2, 0) is 0 Å². The summed E-state index contributed by atoms with van der Waals surface area (Å²) in [6.45, 7) is 4.51. The van der Waals surface area contributed by atoms with Crippen LogP contribution in [0.2, 0.25) is 0 Å². The normalized spacial score (nSPS) is 36.7. The molecule has 0 spiro atoms. The second kappa shape index (κ2) is 3.77. The number of nitrogens with one attached hydrogen (secondary N) is 2. The highest BCUT2D eigenvalue weighted by Gasteiger charge is 2.38. The molecule has 1 aliphatic carbocycles. The predicted molar refractivity (Wildman–Crippen MR) is 56.3 cm³/mol. The Morgan fingerprint density at radius 1 is 1.71 bits per heavy atom. The van der Waals surface area contributed by atoms with Gasteiger partial charge in [0.15, 0.2) is 5.96 Å². The van der Waals surface area contributed by atoms with Crippen LogP contribution in [0.3, 0.4) is 0 Å². The van der Waals surface area contributed by atoms with Crippen LogP contribution in [0.1, 0.15) is 26.2 Å². The van der Waals surface area contributed by atoms with Crippen molar-refractivity contribution in [3.05, 3.63) is 0 Å². The SMILES string of the molecule is CC1CCCC1(O)CNC1=NCCN1. The number of rotatable bonds is 2. The molecule has 2 unspecified atom stereocenters. The Balaban J connectivity index is 1.84. The van der Waals surface area contributed by atoms with Gasteiger partial charge in [-0.25, -0.2) is 0 Å². The number of hydrogen-bond acceptors (Lipinski definition) is 4. The van der Waals surface area contributed by atoms with Crippen LogP contribution in [0.5, 0.6) is 0 Å². The molecule has 0 aromatic carbocycles. The first-order valence-corrected chi connectivity index (χ1v) is 5.45. The van der Waals surface area contributed by atoms with Crippen molar-refractivity contribution < 1.29 is 5.11 Å². The Morgan fingerprint density at radius 3 is 3.14 bits per heavy atom. The van der Waals surface area contributed by atoms with Gasteiger partial charge in [0.2, 0.25) is 0 Å². The highest BCUT2D eigenvalue weighted by Crippen LogP contribution is 2.34. The molecule has 14 heavy (non-hydrogen) atoms. The van der Waals surface area contributed by atoms with E-state index in [1.165, 1.54) is 0 Å². The van der Waals surface area contributed by atoms with Crippen LogP contribution < -0.4 is 10.6 Å². The molecule has 1 aliphatic heterocycles. The maximum absolute atomic E-state index is 10.3. The van der Waals surface area contributed by atoms with Crippen LogP contribution in [-0.4, -0.2) is 36.3 Å². The average molecular weight is 197 g/mol. The van der Waals surface area contributed by atoms with Crippen molar-refractivity contribution in [2.75, 3.05) is 19.6 Å². The monoisotopic (exact) mass is 197 g/mol. The van der Waals surface area contributed by atoms with Crippen LogP contribution in [0.4, 0.5) is 0 Å². The number of nitrogens with zero attached hydrogens (tertiary/aromatic N) is 1. The molecule has 3 N–H and O–H groups in total. The van der Waals surface area contributed by atoms with Crippen molar-refractivity contribution in [3.63, 3.8) is 0 Å². The molecule has 1 heterocycles. The van der Waals surface area contributed by atoms with Gasteiger partial charge < -0.3 is 15.7 Å². The van der Waals surface area contributed by atoms with E-state index in [9.17, 15) is 5.11 Å². The molecule has 0 saturated heterocycles. The molecule has 2 rings (SSSR count). The fourth-order valence-electron chi connectivity index (χ4n) is 2.25. The number of aliphatic hydroxyl groups is 1. The Labute approximate surface area is 84.8 Å². The largest absolute Gasteiger partial charge is 0.388 e. The third-order valence-corrected chi connectivity index (χ3v) is 3.40. The van der Waals surface area contributed by atoms with Gasteiger partial charge in [0, 0.05) is 13.1 Å². The predicted octanol–water partition coefficient (Wildman–Crippen LogP) is 0.0863. The molecule has 1 saturated carbocycles. The Hall–Kier alpha value is -0.770. The van der Waals surface area contributed by atoms with Gasteiger partial charge in [0.1, 0.15) is 0 Å². The van der Waals surface area contributed by atoms with Gasteiger partial charge in [0.25, 0.3) is 0 Å². The van der Waals surface area contributed by atoms with Gasteiger partial charge in [-0.3, -0.25) is 4.99 Å². The van der Waals surface area contributed by atoms with Crippen molar-refractivity contribution in [1.29, 1.82) is 0 Å². The fourth-order valence-corrected chi connectivity index (χ4v) is 2.25. The first-order valence-electron chi connectivity index (χ1n) is 5.45. The van der Waals surface area contributed by atoms with Crippen molar-refractivity contribution in [3.8, 4) is 0 Å². The molecular formula is C10H19N3O. The third-order valence-electron chi connectivity index (χ3n) is 3.40. The minimum atomic E-state index is -0.521. The molecule has 0 radical (unpaired) electrons. The molecule has 2 atom stereocenters. The summed E-state index contributed by atoms with van der Waals surface area (Å²) in [5.74, 6) is 1.24. The van der Waals surface area contributed by atoms with Crippen LogP contribution >= 0.6 is 0 Å². The number of hydrogen-bond donors (Lipinski definition) is 3. The fraction of sp³-hybridized carbons (Fsp3) is 0.900. The maximum Gasteiger partial charge on any atom is 0.191 e. The van der Waals surface area contributed by atoms with E-state index in [0.29, 0.717) is 12.5 Å². The average Bonchev–Trinajstić information content (AvgIpc) is 2.75. The maximum atomic E-state index is 10.3. The molecule has 0 bridgehead atoms. The van der Waals surface area contributed by atoms with Gasteiger partial charge in [-0.2, -0.15) is 0 Å². The summed E-state index contributed by atoms with van der Waals surface area (Å²) in [5, 5.41) is 16.6. The number of guanidine groups is 1. The Bertz CT molecular complexity index is 242. The van der Waals surface area contributed by atoms with E-state index in [1.807, 2.05) is 0 Å². The zero-order chi connectivity index (χ0) is 10.0. The quantitative estimate of drug-likeness (QED) is 0.588. The minimum Gasteiger partial charge on any atom is -0.388 e. The van der Waals surface area contributed by atoms with E-state index in [2.05, 4.69) is 22.5 Å². The molecule has 4 heteroatoms. The molecule has 1 fully saturated rings. The van der Waals surface area contributed by atoms with Crippen molar-refractivity contribution in [1.82, 2.24) is 10.6 Å². The summed E-state index contributed by atoms with van der Waals surface area (Å²) in [6.07, 6.45) is 3.19. The molecule has 80 valence electrons. The van der Waals surface area contributed by atoms with Gasteiger partial charge in [-0.1, -0.05) is 13.3 Å². The second-order valence-corrected chi connectivity index (χ2v) is 4.41. The van der Waals surface area contributed by atoms with Crippen molar-refractivity contribution in [2.24, 2.45) is 10.9 Å². The summed E-state index contributed by atoms with van der Waals surface area (Å²) < 4.78 is 0. The lowest BCUT2D eigenvalue weighted by Crippen LogP contribution is -2.47. The van der Waals surface area contributed by atoms with Crippen LogP contribution in [0.15, 0.2) is 4.99 Å². The zero-order valence-electron chi connectivity index (χ0n) is 8.71. The summed E-state index contributed by atoms with van der Waals surface area (Å²) >= 11 is 0.